The zero-order valence-corrected chi connectivity index (χ0v) is 20.3. The molecule has 0 bridgehead atoms. The number of anilines is 1. The Balaban J connectivity index is 2.14. The molecular formula is C24H33N3O4S. The lowest BCUT2D eigenvalue weighted by atomic mass is 10.1. The van der Waals surface area contributed by atoms with Gasteiger partial charge in [0.25, 0.3) is 0 Å². The van der Waals surface area contributed by atoms with Gasteiger partial charge in [-0.15, -0.1) is 0 Å². The van der Waals surface area contributed by atoms with Crippen LogP contribution < -0.4 is 9.62 Å². The minimum Gasteiger partial charge on any atom is -0.357 e. The fourth-order valence-corrected chi connectivity index (χ4v) is 4.41. The summed E-state index contributed by atoms with van der Waals surface area (Å²) in [5.41, 5.74) is 3.59. The summed E-state index contributed by atoms with van der Waals surface area (Å²) in [5, 5.41) is 2.59. The van der Waals surface area contributed by atoms with Crippen LogP contribution in [0.1, 0.15) is 36.5 Å². The van der Waals surface area contributed by atoms with E-state index in [-0.39, 0.29) is 24.8 Å². The smallest absolute Gasteiger partial charge is 0.242 e. The van der Waals surface area contributed by atoms with Crippen molar-refractivity contribution in [1.29, 1.82) is 0 Å². The molecule has 0 fully saturated rings. The van der Waals surface area contributed by atoms with Crippen molar-refractivity contribution in [3.05, 3.63) is 65.2 Å². The number of hydrogen-bond donors (Lipinski definition) is 1. The van der Waals surface area contributed by atoms with Crippen molar-refractivity contribution in [2.45, 2.75) is 46.2 Å². The van der Waals surface area contributed by atoms with E-state index < -0.39 is 16.1 Å². The van der Waals surface area contributed by atoms with E-state index in [1.54, 1.807) is 13.0 Å². The maximum Gasteiger partial charge on any atom is 0.242 e. The van der Waals surface area contributed by atoms with Crippen molar-refractivity contribution in [1.82, 2.24) is 10.2 Å². The van der Waals surface area contributed by atoms with Crippen molar-refractivity contribution in [2.24, 2.45) is 0 Å². The monoisotopic (exact) mass is 459 g/mol. The molecule has 2 aromatic carbocycles. The van der Waals surface area contributed by atoms with Gasteiger partial charge in [-0.1, -0.05) is 36.4 Å². The predicted octanol–water partition coefficient (Wildman–Crippen LogP) is 3.01. The average molecular weight is 460 g/mol. The molecule has 32 heavy (non-hydrogen) atoms. The molecule has 1 atom stereocenters. The quantitative estimate of drug-likeness (QED) is 0.592. The Bertz CT molecular complexity index is 1040. The fraction of sp³-hybridized carbons (Fsp3) is 0.417. The standard InChI is InChI=1S/C24H33N3O4S/c1-18-13-14-22(16-19(18)2)27(32(5,30)31)15-9-12-23(28)26(20(3)24(29)25-4)17-21-10-7-6-8-11-21/h6-8,10-11,13-14,16,20H,9,12,15,17H2,1-5H3,(H,25,29)/t20-/m1/s1. The first-order chi connectivity index (χ1) is 15.0. The van der Waals surface area contributed by atoms with Crippen LogP contribution in [0.3, 0.4) is 0 Å². The van der Waals surface area contributed by atoms with Crippen LogP contribution in [0.4, 0.5) is 5.69 Å². The van der Waals surface area contributed by atoms with Gasteiger partial charge >= 0.3 is 0 Å². The molecule has 0 aliphatic rings. The van der Waals surface area contributed by atoms with E-state index in [0.29, 0.717) is 18.7 Å². The number of carbonyl (C=O) groups is 2. The van der Waals surface area contributed by atoms with Gasteiger partial charge in [-0.05, 0) is 56.0 Å². The Hall–Kier alpha value is -2.87. The Labute approximate surface area is 191 Å². The number of rotatable bonds is 10. The van der Waals surface area contributed by atoms with E-state index in [1.165, 1.54) is 22.5 Å². The van der Waals surface area contributed by atoms with E-state index in [0.717, 1.165) is 16.7 Å². The second-order valence-corrected chi connectivity index (χ2v) is 9.91. The van der Waals surface area contributed by atoms with Crippen molar-refractivity contribution < 1.29 is 18.0 Å². The number of sulfonamides is 1. The number of nitrogens with zero attached hydrogens (tertiary/aromatic N) is 2. The highest BCUT2D eigenvalue weighted by molar-refractivity contribution is 7.92. The molecule has 0 aromatic heterocycles. The normalized spacial score (nSPS) is 12.2. The van der Waals surface area contributed by atoms with E-state index >= 15 is 0 Å². The molecule has 0 aliphatic heterocycles. The largest absolute Gasteiger partial charge is 0.357 e. The third-order valence-corrected chi connectivity index (χ3v) is 6.73. The highest BCUT2D eigenvalue weighted by Crippen LogP contribution is 2.22. The van der Waals surface area contributed by atoms with Crippen LogP contribution in [0.15, 0.2) is 48.5 Å². The van der Waals surface area contributed by atoms with E-state index in [2.05, 4.69) is 5.32 Å². The lowest BCUT2D eigenvalue weighted by Crippen LogP contribution is -2.46. The number of amides is 2. The van der Waals surface area contributed by atoms with Gasteiger partial charge in [-0.2, -0.15) is 0 Å². The van der Waals surface area contributed by atoms with Gasteiger partial charge in [-0.25, -0.2) is 8.42 Å². The highest BCUT2D eigenvalue weighted by Gasteiger charge is 2.26. The van der Waals surface area contributed by atoms with Crippen LogP contribution in [0.25, 0.3) is 0 Å². The molecule has 2 amide bonds. The first-order valence-electron chi connectivity index (χ1n) is 10.6. The average Bonchev–Trinajstić information content (AvgIpc) is 2.75. The van der Waals surface area contributed by atoms with Gasteiger partial charge in [-0.3, -0.25) is 13.9 Å². The van der Waals surface area contributed by atoms with Crippen LogP contribution in [-0.2, 0) is 26.2 Å². The van der Waals surface area contributed by atoms with Crippen molar-refractivity contribution in [3.8, 4) is 0 Å². The third-order valence-electron chi connectivity index (χ3n) is 5.54. The van der Waals surface area contributed by atoms with Crippen LogP contribution in [0.2, 0.25) is 0 Å². The molecule has 7 nitrogen and oxygen atoms in total. The Kier molecular flexibility index (Phi) is 8.83. The molecule has 2 aromatic rings. The van der Waals surface area contributed by atoms with Gasteiger partial charge < -0.3 is 10.2 Å². The van der Waals surface area contributed by atoms with Crippen molar-refractivity contribution >= 4 is 27.5 Å². The molecule has 0 unspecified atom stereocenters. The molecule has 0 aliphatic carbocycles. The number of benzene rings is 2. The zero-order valence-electron chi connectivity index (χ0n) is 19.5. The molecule has 0 saturated carbocycles. The second-order valence-electron chi connectivity index (χ2n) is 8.00. The number of carbonyl (C=O) groups excluding carboxylic acids is 2. The third kappa shape index (κ3) is 6.82. The molecule has 174 valence electrons. The SMILES string of the molecule is CNC(=O)[C@@H](C)N(Cc1ccccc1)C(=O)CCCN(c1ccc(C)c(C)c1)S(C)(=O)=O. The van der Waals surface area contributed by atoms with Gasteiger partial charge in [0.1, 0.15) is 6.04 Å². The van der Waals surface area contributed by atoms with E-state index in [9.17, 15) is 18.0 Å². The topological polar surface area (TPSA) is 86.8 Å². The Morgan fingerprint density at radius 1 is 1.03 bits per heavy atom. The van der Waals surface area contributed by atoms with Crippen LogP contribution in [0, 0.1) is 13.8 Å². The summed E-state index contributed by atoms with van der Waals surface area (Å²) in [6.45, 7) is 6.08. The van der Waals surface area contributed by atoms with Crippen LogP contribution in [-0.4, -0.2) is 51.0 Å². The minimum absolute atomic E-state index is 0.130. The van der Waals surface area contributed by atoms with Gasteiger partial charge in [0.05, 0.1) is 11.9 Å². The number of aryl methyl sites for hydroxylation is 2. The lowest BCUT2D eigenvalue weighted by Gasteiger charge is -2.29. The van der Waals surface area contributed by atoms with Gasteiger partial charge in [0, 0.05) is 26.6 Å². The minimum atomic E-state index is -3.50. The summed E-state index contributed by atoms with van der Waals surface area (Å²) in [6.07, 6.45) is 1.63. The summed E-state index contributed by atoms with van der Waals surface area (Å²) in [7, 11) is -1.96. The first-order valence-corrected chi connectivity index (χ1v) is 12.5. The van der Waals surface area contributed by atoms with Crippen molar-refractivity contribution in [3.63, 3.8) is 0 Å². The molecule has 0 heterocycles. The number of likely N-dealkylation sites (N-methyl/N-ethyl adjacent to an activating group) is 1. The van der Waals surface area contributed by atoms with E-state index in [4.69, 9.17) is 0 Å². The van der Waals surface area contributed by atoms with Crippen molar-refractivity contribution in [2.75, 3.05) is 24.2 Å². The molecule has 2 rings (SSSR count). The molecule has 0 radical (unpaired) electrons. The summed E-state index contributed by atoms with van der Waals surface area (Å²) in [5.74, 6) is -0.444. The molecule has 1 N–H and O–H groups in total. The van der Waals surface area contributed by atoms with Crippen LogP contribution >= 0.6 is 0 Å². The Morgan fingerprint density at radius 2 is 1.69 bits per heavy atom. The summed E-state index contributed by atoms with van der Waals surface area (Å²) >= 11 is 0. The molecule has 0 saturated heterocycles. The molecular weight excluding hydrogens is 426 g/mol. The molecule has 8 heteroatoms. The predicted molar refractivity (Wildman–Crippen MR) is 128 cm³/mol. The lowest BCUT2D eigenvalue weighted by molar-refractivity contribution is -0.140. The van der Waals surface area contributed by atoms with Gasteiger partial charge in [0.2, 0.25) is 21.8 Å². The summed E-state index contributed by atoms with van der Waals surface area (Å²) < 4.78 is 26.1. The van der Waals surface area contributed by atoms with E-state index in [1.807, 2.05) is 56.3 Å². The first kappa shape index (κ1) is 25.4. The summed E-state index contributed by atoms with van der Waals surface area (Å²) in [4.78, 5) is 26.8. The fourth-order valence-electron chi connectivity index (χ4n) is 3.46. The highest BCUT2D eigenvalue weighted by atomic mass is 32.2. The zero-order chi connectivity index (χ0) is 23.9. The Morgan fingerprint density at radius 3 is 2.25 bits per heavy atom. The maximum absolute atomic E-state index is 13.1. The summed E-state index contributed by atoms with van der Waals surface area (Å²) in [6, 6.07) is 14.3. The number of hydrogen-bond acceptors (Lipinski definition) is 4. The van der Waals surface area contributed by atoms with Crippen LogP contribution in [0.5, 0.6) is 0 Å². The molecule has 0 spiro atoms. The maximum atomic E-state index is 13.1. The van der Waals surface area contributed by atoms with Gasteiger partial charge in [0.15, 0.2) is 0 Å². The number of nitrogens with one attached hydrogen (secondary N) is 1. The second kappa shape index (κ2) is 11.1.